The van der Waals surface area contributed by atoms with E-state index in [1.54, 1.807) is 25.3 Å². The topological polar surface area (TPSA) is 70.0 Å². The highest BCUT2D eigenvalue weighted by atomic mass is 32.2. The van der Waals surface area contributed by atoms with Gasteiger partial charge in [0, 0.05) is 7.05 Å². The number of amides is 1. The molecule has 2 aromatic rings. The van der Waals surface area contributed by atoms with Crippen LogP contribution < -0.4 is 0 Å². The largest absolute Gasteiger partial charge is 0.478 e. The Morgan fingerprint density at radius 2 is 1.81 bits per heavy atom. The zero-order chi connectivity index (χ0) is 18.7. The zero-order valence-electron chi connectivity index (χ0n) is 14.5. The first-order valence-corrected chi connectivity index (χ1v) is 8.98. The van der Waals surface area contributed by atoms with Crippen LogP contribution in [-0.4, -0.2) is 34.1 Å². The molecule has 0 bridgehead atoms. The monoisotopic (exact) mass is 366 g/mol. The number of aliphatic imine (C=N–C) groups is 1. The van der Waals surface area contributed by atoms with Crippen molar-refractivity contribution in [3.63, 3.8) is 0 Å². The van der Waals surface area contributed by atoms with Crippen LogP contribution in [0.15, 0.2) is 58.4 Å². The van der Waals surface area contributed by atoms with E-state index in [-0.39, 0.29) is 11.5 Å². The predicted octanol–water partition coefficient (Wildman–Crippen LogP) is 4.18. The fourth-order valence-electron chi connectivity index (χ4n) is 2.44. The van der Waals surface area contributed by atoms with Gasteiger partial charge in [-0.15, -0.1) is 0 Å². The molecular formula is C20H18N2O3S. The normalized spacial score (nSPS) is 17.3. The van der Waals surface area contributed by atoms with Crippen molar-refractivity contribution >= 4 is 40.6 Å². The number of hydrogen-bond donors (Lipinski definition) is 1. The van der Waals surface area contributed by atoms with Crippen LogP contribution in [0.5, 0.6) is 0 Å². The van der Waals surface area contributed by atoms with Crippen molar-refractivity contribution in [1.82, 2.24) is 4.90 Å². The molecule has 1 amide bonds. The SMILES string of the molecule is CCc1ccc(N=C2S/C(=C\c3ccc(C(=O)O)cc3)C(=O)N2C)cc1. The fraction of sp³-hybridized carbons (Fsp3) is 0.150. The summed E-state index contributed by atoms with van der Waals surface area (Å²) in [7, 11) is 1.70. The summed E-state index contributed by atoms with van der Waals surface area (Å²) < 4.78 is 0. The van der Waals surface area contributed by atoms with Gasteiger partial charge in [0.2, 0.25) is 0 Å². The van der Waals surface area contributed by atoms with E-state index < -0.39 is 5.97 Å². The molecule has 0 aromatic heterocycles. The second-order valence-electron chi connectivity index (χ2n) is 5.82. The number of amidine groups is 1. The van der Waals surface area contributed by atoms with Crippen molar-refractivity contribution in [2.75, 3.05) is 7.05 Å². The third kappa shape index (κ3) is 3.86. The smallest absolute Gasteiger partial charge is 0.335 e. The molecule has 1 aliphatic rings. The van der Waals surface area contributed by atoms with E-state index in [1.807, 2.05) is 24.3 Å². The van der Waals surface area contributed by atoms with Gasteiger partial charge in [-0.25, -0.2) is 9.79 Å². The molecule has 26 heavy (non-hydrogen) atoms. The Kier molecular flexibility index (Phi) is 5.23. The molecule has 5 nitrogen and oxygen atoms in total. The predicted molar refractivity (Wildman–Crippen MR) is 105 cm³/mol. The molecule has 1 aliphatic heterocycles. The molecule has 3 rings (SSSR count). The third-order valence-corrected chi connectivity index (χ3v) is 5.09. The van der Waals surface area contributed by atoms with E-state index in [0.717, 1.165) is 17.7 Å². The number of hydrogen-bond acceptors (Lipinski definition) is 4. The molecule has 1 heterocycles. The summed E-state index contributed by atoms with van der Waals surface area (Å²) in [5.41, 5.74) is 3.03. The first-order valence-electron chi connectivity index (χ1n) is 8.16. The van der Waals surface area contributed by atoms with Gasteiger partial charge in [-0.2, -0.15) is 0 Å². The maximum atomic E-state index is 12.4. The number of likely N-dealkylation sites (N-methyl/N-ethyl adjacent to an activating group) is 1. The Morgan fingerprint density at radius 3 is 2.38 bits per heavy atom. The van der Waals surface area contributed by atoms with Crippen LogP contribution in [-0.2, 0) is 11.2 Å². The van der Waals surface area contributed by atoms with E-state index in [4.69, 9.17) is 5.11 Å². The van der Waals surface area contributed by atoms with Crippen molar-refractivity contribution in [1.29, 1.82) is 0 Å². The number of carboxylic acids is 1. The molecule has 0 radical (unpaired) electrons. The lowest BCUT2D eigenvalue weighted by Crippen LogP contribution is -2.23. The molecule has 6 heteroatoms. The number of aryl methyl sites for hydroxylation is 1. The summed E-state index contributed by atoms with van der Waals surface area (Å²) >= 11 is 1.31. The van der Waals surface area contributed by atoms with Crippen LogP contribution in [0.25, 0.3) is 6.08 Å². The number of nitrogens with zero attached hydrogens (tertiary/aromatic N) is 2. The quantitative estimate of drug-likeness (QED) is 0.824. The number of carbonyl (C=O) groups is 2. The number of carboxylic acid groups (broad SMARTS) is 1. The van der Waals surface area contributed by atoms with Crippen LogP contribution in [0, 0.1) is 0 Å². The van der Waals surface area contributed by atoms with Gasteiger partial charge >= 0.3 is 5.97 Å². The summed E-state index contributed by atoms with van der Waals surface area (Å²) in [5.74, 6) is -1.10. The lowest BCUT2D eigenvalue weighted by atomic mass is 10.1. The van der Waals surface area contributed by atoms with Crippen molar-refractivity contribution < 1.29 is 14.7 Å². The summed E-state index contributed by atoms with van der Waals surface area (Å²) in [4.78, 5) is 30.0. The number of benzene rings is 2. The lowest BCUT2D eigenvalue weighted by molar-refractivity contribution is -0.121. The van der Waals surface area contributed by atoms with Crippen molar-refractivity contribution in [2.45, 2.75) is 13.3 Å². The molecule has 0 spiro atoms. The Labute approximate surface area is 156 Å². The van der Waals surface area contributed by atoms with Gasteiger partial charge in [-0.3, -0.25) is 9.69 Å². The molecule has 0 aliphatic carbocycles. The minimum absolute atomic E-state index is 0.124. The molecule has 0 unspecified atom stereocenters. The maximum absolute atomic E-state index is 12.4. The second-order valence-corrected chi connectivity index (χ2v) is 6.83. The van der Waals surface area contributed by atoms with E-state index in [0.29, 0.717) is 10.1 Å². The Morgan fingerprint density at radius 1 is 1.15 bits per heavy atom. The zero-order valence-corrected chi connectivity index (χ0v) is 15.3. The molecular weight excluding hydrogens is 348 g/mol. The van der Waals surface area contributed by atoms with Crippen molar-refractivity contribution in [2.24, 2.45) is 4.99 Å². The van der Waals surface area contributed by atoms with Crippen LogP contribution >= 0.6 is 11.8 Å². The van der Waals surface area contributed by atoms with E-state index >= 15 is 0 Å². The molecule has 0 atom stereocenters. The first-order chi connectivity index (χ1) is 12.5. The first kappa shape index (κ1) is 17.9. The highest BCUT2D eigenvalue weighted by Crippen LogP contribution is 2.33. The highest BCUT2D eigenvalue weighted by Gasteiger charge is 2.30. The molecule has 2 aromatic carbocycles. The second kappa shape index (κ2) is 7.58. The van der Waals surface area contributed by atoms with E-state index in [2.05, 4.69) is 11.9 Å². The summed E-state index contributed by atoms with van der Waals surface area (Å²) in [5, 5.41) is 9.57. The van der Waals surface area contributed by atoms with Crippen molar-refractivity contribution in [3.05, 3.63) is 70.1 Å². The standard InChI is InChI=1S/C20H18N2O3S/c1-3-13-6-10-16(11-7-13)21-20-22(2)18(23)17(26-20)12-14-4-8-15(9-5-14)19(24)25/h4-12H,3H2,1-2H3,(H,24,25)/b17-12-,21-20?. The Bertz CT molecular complexity index is 900. The average Bonchev–Trinajstić information content (AvgIpc) is 2.91. The van der Waals surface area contributed by atoms with Crippen molar-refractivity contribution in [3.8, 4) is 0 Å². The average molecular weight is 366 g/mol. The van der Waals surface area contributed by atoms with Gasteiger partial charge < -0.3 is 5.11 Å². The van der Waals surface area contributed by atoms with Gasteiger partial charge in [0.25, 0.3) is 5.91 Å². The summed E-state index contributed by atoms with van der Waals surface area (Å²) in [6.45, 7) is 2.10. The minimum atomic E-state index is -0.973. The summed E-state index contributed by atoms with van der Waals surface area (Å²) in [6.07, 6.45) is 2.72. The Balaban J connectivity index is 1.83. The molecule has 1 N–H and O–H groups in total. The maximum Gasteiger partial charge on any atom is 0.335 e. The third-order valence-electron chi connectivity index (χ3n) is 4.03. The molecule has 0 saturated carbocycles. The molecule has 1 saturated heterocycles. The van der Waals surface area contributed by atoms with Gasteiger partial charge in [0.1, 0.15) is 0 Å². The van der Waals surface area contributed by atoms with Gasteiger partial charge in [0.15, 0.2) is 5.17 Å². The van der Waals surface area contributed by atoms with E-state index in [9.17, 15) is 9.59 Å². The lowest BCUT2D eigenvalue weighted by Gasteiger charge is -2.07. The minimum Gasteiger partial charge on any atom is -0.478 e. The van der Waals surface area contributed by atoms with Crippen LogP contribution in [0.3, 0.4) is 0 Å². The highest BCUT2D eigenvalue weighted by molar-refractivity contribution is 8.18. The summed E-state index contributed by atoms with van der Waals surface area (Å²) in [6, 6.07) is 14.3. The number of thioether (sulfide) groups is 1. The number of carbonyl (C=O) groups excluding carboxylic acids is 1. The molecule has 132 valence electrons. The number of rotatable bonds is 4. The van der Waals surface area contributed by atoms with Crippen LogP contribution in [0.1, 0.15) is 28.4 Å². The van der Waals surface area contributed by atoms with Gasteiger partial charge in [-0.1, -0.05) is 31.2 Å². The molecule has 1 fully saturated rings. The van der Waals surface area contributed by atoms with Crippen LogP contribution in [0.2, 0.25) is 0 Å². The number of aromatic carboxylic acids is 1. The fourth-order valence-corrected chi connectivity index (χ4v) is 3.43. The van der Waals surface area contributed by atoms with Crippen LogP contribution in [0.4, 0.5) is 5.69 Å². The van der Waals surface area contributed by atoms with Gasteiger partial charge in [-0.05, 0) is 59.7 Å². The Hall–Kier alpha value is -2.86. The van der Waals surface area contributed by atoms with E-state index in [1.165, 1.54) is 34.4 Å². The van der Waals surface area contributed by atoms with Gasteiger partial charge in [0.05, 0.1) is 16.2 Å².